The van der Waals surface area contributed by atoms with Crippen molar-refractivity contribution in [1.82, 2.24) is 0 Å². The Hall–Kier alpha value is -0.890. The lowest BCUT2D eigenvalue weighted by Crippen LogP contribution is -2.15. The van der Waals surface area contributed by atoms with Crippen molar-refractivity contribution >= 4 is 17.3 Å². The molecule has 0 spiro atoms. The number of rotatable bonds is 5. The molecule has 2 rings (SSSR count). The number of nitrogens with one attached hydrogen (secondary N) is 1. The van der Waals surface area contributed by atoms with Gasteiger partial charge in [0.15, 0.2) is 0 Å². The summed E-state index contributed by atoms with van der Waals surface area (Å²) in [5.74, 6) is 0.920. The molecule has 17 heavy (non-hydrogen) atoms. The van der Waals surface area contributed by atoms with E-state index in [1.54, 1.807) is 0 Å². The van der Waals surface area contributed by atoms with Crippen molar-refractivity contribution in [2.75, 3.05) is 11.9 Å². The van der Waals surface area contributed by atoms with Crippen LogP contribution in [0.2, 0.25) is 5.02 Å². The zero-order chi connectivity index (χ0) is 12.1. The molecule has 2 nitrogen and oxygen atoms in total. The fourth-order valence-electron chi connectivity index (χ4n) is 2.24. The summed E-state index contributed by atoms with van der Waals surface area (Å²) >= 11 is 6.04. The average molecular weight is 254 g/mol. The highest BCUT2D eigenvalue weighted by Gasteiger charge is 2.16. The summed E-state index contributed by atoms with van der Waals surface area (Å²) in [7, 11) is 0. The fourth-order valence-corrected chi connectivity index (χ4v) is 2.42. The quantitative estimate of drug-likeness (QED) is 0.835. The van der Waals surface area contributed by atoms with Crippen molar-refractivity contribution in [2.45, 2.75) is 45.1 Å². The van der Waals surface area contributed by atoms with Crippen LogP contribution in [0.15, 0.2) is 18.2 Å². The predicted molar refractivity (Wildman–Crippen MR) is 73.1 cm³/mol. The Labute approximate surface area is 108 Å². The van der Waals surface area contributed by atoms with Gasteiger partial charge in [0.2, 0.25) is 0 Å². The number of halogens is 1. The van der Waals surface area contributed by atoms with Crippen LogP contribution in [0.5, 0.6) is 5.75 Å². The summed E-state index contributed by atoms with van der Waals surface area (Å²) in [5, 5.41) is 4.31. The minimum atomic E-state index is 0.581. The zero-order valence-electron chi connectivity index (χ0n) is 10.3. The van der Waals surface area contributed by atoms with Gasteiger partial charge in [0.05, 0.1) is 12.3 Å². The highest BCUT2D eigenvalue weighted by molar-refractivity contribution is 6.30. The fraction of sp³-hybridized carbons (Fsp3) is 0.571. The second-order valence-electron chi connectivity index (χ2n) is 4.61. The number of benzene rings is 1. The summed E-state index contributed by atoms with van der Waals surface area (Å²) in [5.41, 5.74) is 1.04. The first-order valence-electron chi connectivity index (χ1n) is 6.48. The highest BCUT2D eigenvalue weighted by Crippen LogP contribution is 2.31. The summed E-state index contributed by atoms with van der Waals surface area (Å²) in [4.78, 5) is 0. The molecular formula is C14H20ClNO. The maximum atomic E-state index is 6.04. The van der Waals surface area contributed by atoms with E-state index in [-0.39, 0.29) is 0 Å². The van der Waals surface area contributed by atoms with E-state index < -0.39 is 0 Å². The third-order valence-corrected chi connectivity index (χ3v) is 3.35. The molecule has 0 radical (unpaired) electrons. The molecular weight excluding hydrogens is 234 g/mol. The molecule has 1 N–H and O–H groups in total. The lowest BCUT2D eigenvalue weighted by Gasteiger charge is -2.17. The Balaban J connectivity index is 2.08. The molecule has 0 aliphatic heterocycles. The molecule has 0 unspecified atom stereocenters. The molecule has 1 aromatic rings. The second kappa shape index (κ2) is 6.15. The highest BCUT2D eigenvalue weighted by atomic mass is 35.5. The standard InChI is InChI=1S/C14H20ClNO/c1-2-9-17-14-8-7-11(15)10-13(14)16-12-5-3-4-6-12/h7-8,10,12,16H,2-6,9H2,1H3. The van der Waals surface area contributed by atoms with Gasteiger partial charge in [-0.05, 0) is 37.5 Å². The second-order valence-corrected chi connectivity index (χ2v) is 5.05. The largest absolute Gasteiger partial charge is 0.491 e. The SMILES string of the molecule is CCCOc1ccc(Cl)cc1NC1CCCC1. The van der Waals surface area contributed by atoms with E-state index >= 15 is 0 Å². The molecule has 1 fully saturated rings. The number of hydrogen-bond acceptors (Lipinski definition) is 2. The maximum absolute atomic E-state index is 6.04. The molecule has 1 aromatic carbocycles. The van der Waals surface area contributed by atoms with E-state index in [1.807, 2.05) is 18.2 Å². The molecule has 0 bridgehead atoms. The molecule has 0 heterocycles. The molecule has 94 valence electrons. The zero-order valence-corrected chi connectivity index (χ0v) is 11.1. The molecule has 1 aliphatic rings. The Bertz CT molecular complexity index is 361. The van der Waals surface area contributed by atoms with Crippen molar-refractivity contribution < 1.29 is 4.74 Å². The van der Waals surface area contributed by atoms with Gasteiger partial charge >= 0.3 is 0 Å². The third-order valence-electron chi connectivity index (χ3n) is 3.12. The third kappa shape index (κ3) is 3.53. The van der Waals surface area contributed by atoms with Crippen molar-refractivity contribution in [1.29, 1.82) is 0 Å². The Morgan fingerprint density at radius 2 is 2.12 bits per heavy atom. The van der Waals surface area contributed by atoms with Crippen LogP contribution >= 0.6 is 11.6 Å². The van der Waals surface area contributed by atoms with E-state index in [0.29, 0.717) is 6.04 Å². The topological polar surface area (TPSA) is 21.3 Å². The Morgan fingerprint density at radius 1 is 1.35 bits per heavy atom. The molecule has 1 saturated carbocycles. The van der Waals surface area contributed by atoms with Crippen LogP contribution in [0.25, 0.3) is 0 Å². The maximum Gasteiger partial charge on any atom is 0.142 e. The van der Waals surface area contributed by atoms with Crippen LogP contribution in [-0.4, -0.2) is 12.6 Å². The summed E-state index contributed by atoms with van der Waals surface area (Å²) in [6.07, 6.45) is 6.16. The van der Waals surface area contributed by atoms with Crippen molar-refractivity contribution in [3.05, 3.63) is 23.2 Å². The van der Waals surface area contributed by atoms with E-state index in [4.69, 9.17) is 16.3 Å². The van der Waals surface area contributed by atoms with Crippen LogP contribution in [0, 0.1) is 0 Å². The van der Waals surface area contributed by atoms with Gasteiger partial charge in [-0.3, -0.25) is 0 Å². The lowest BCUT2D eigenvalue weighted by atomic mass is 10.2. The first-order valence-corrected chi connectivity index (χ1v) is 6.86. The van der Waals surface area contributed by atoms with Gasteiger partial charge in [0, 0.05) is 11.1 Å². The van der Waals surface area contributed by atoms with Crippen LogP contribution in [0.1, 0.15) is 39.0 Å². The summed E-state index contributed by atoms with van der Waals surface area (Å²) in [6.45, 7) is 2.86. The van der Waals surface area contributed by atoms with Crippen molar-refractivity contribution in [3.63, 3.8) is 0 Å². The molecule has 3 heteroatoms. The van der Waals surface area contributed by atoms with E-state index in [2.05, 4.69) is 12.2 Å². The number of hydrogen-bond donors (Lipinski definition) is 1. The Morgan fingerprint density at radius 3 is 2.82 bits per heavy atom. The molecule has 1 aliphatic carbocycles. The van der Waals surface area contributed by atoms with E-state index in [9.17, 15) is 0 Å². The smallest absolute Gasteiger partial charge is 0.142 e. The first-order chi connectivity index (χ1) is 8.29. The van der Waals surface area contributed by atoms with Crippen LogP contribution in [-0.2, 0) is 0 Å². The Kier molecular flexibility index (Phi) is 4.55. The first kappa shape index (κ1) is 12.6. The molecule has 0 saturated heterocycles. The minimum absolute atomic E-state index is 0.581. The van der Waals surface area contributed by atoms with Gasteiger partial charge in [0.25, 0.3) is 0 Å². The number of ether oxygens (including phenoxy) is 1. The summed E-state index contributed by atoms with van der Waals surface area (Å²) in [6, 6.07) is 6.38. The molecule has 0 aromatic heterocycles. The van der Waals surface area contributed by atoms with Crippen LogP contribution in [0.4, 0.5) is 5.69 Å². The number of anilines is 1. The van der Waals surface area contributed by atoms with Gasteiger partial charge in [0.1, 0.15) is 5.75 Å². The van der Waals surface area contributed by atoms with Crippen LogP contribution < -0.4 is 10.1 Å². The average Bonchev–Trinajstić information content (AvgIpc) is 2.81. The van der Waals surface area contributed by atoms with Gasteiger partial charge in [-0.1, -0.05) is 31.4 Å². The minimum Gasteiger partial charge on any atom is -0.491 e. The van der Waals surface area contributed by atoms with E-state index in [1.165, 1.54) is 25.7 Å². The monoisotopic (exact) mass is 253 g/mol. The molecule has 0 amide bonds. The molecule has 0 atom stereocenters. The normalized spacial score (nSPS) is 16.1. The van der Waals surface area contributed by atoms with Crippen molar-refractivity contribution in [3.8, 4) is 5.75 Å². The van der Waals surface area contributed by atoms with Gasteiger partial charge < -0.3 is 10.1 Å². The van der Waals surface area contributed by atoms with Crippen molar-refractivity contribution in [2.24, 2.45) is 0 Å². The van der Waals surface area contributed by atoms with E-state index in [0.717, 1.165) is 29.5 Å². The van der Waals surface area contributed by atoms with Gasteiger partial charge in [-0.2, -0.15) is 0 Å². The van der Waals surface area contributed by atoms with Gasteiger partial charge in [-0.25, -0.2) is 0 Å². The van der Waals surface area contributed by atoms with Gasteiger partial charge in [-0.15, -0.1) is 0 Å². The lowest BCUT2D eigenvalue weighted by molar-refractivity contribution is 0.318. The predicted octanol–water partition coefficient (Wildman–Crippen LogP) is 4.48. The van der Waals surface area contributed by atoms with Crippen LogP contribution in [0.3, 0.4) is 0 Å². The summed E-state index contributed by atoms with van der Waals surface area (Å²) < 4.78 is 5.73.